The Bertz CT molecular complexity index is 1000. The van der Waals surface area contributed by atoms with E-state index in [9.17, 15) is 9.65 Å². The van der Waals surface area contributed by atoms with Crippen LogP contribution in [0.3, 0.4) is 0 Å². The average Bonchev–Trinajstić information content (AvgIpc) is 2.98. The fourth-order valence-electron chi connectivity index (χ4n) is 2.77. The fourth-order valence-corrected chi connectivity index (χ4v) is 3.76. The van der Waals surface area contributed by atoms with Crippen LogP contribution < -0.4 is 0 Å². The maximum Gasteiger partial charge on any atom is 0.143 e. The minimum atomic E-state index is -1.19. The Labute approximate surface area is 164 Å². The maximum atomic E-state index is 13.3. The number of ether oxygens (including phenoxy) is 1. The van der Waals surface area contributed by atoms with Crippen molar-refractivity contribution in [1.29, 1.82) is 5.26 Å². The summed E-state index contributed by atoms with van der Waals surface area (Å²) in [7, 11) is -1.19. The molecule has 0 N–H and O–H groups in total. The molecule has 2 heterocycles. The third-order valence-corrected chi connectivity index (χ3v) is 6.45. The van der Waals surface area contributed by atoms with Crippen molar-refractivity contribution in [3.8, 4) is 17.3 Å². The third kappa shape index (κ3) is 4.38. The first kappa shape index (κ1) is 19.6. The number of halogens is 2. The van der Waals surface area contributed by atoms with E-state index >= 15 is 0 Å². The second-order valence-electron chi connectivity index (χ2n) is 7.65. The minimum Gasteiger partial charge on any atom is -0.361 e. The molecule has 0 atom stereocenters. The monoisotopic (exact) mass is 401 g/mol. The van der Waals surface area contributed by atoms with Crippen molar-refractivity contribution in [3.63, 3.8) is 0 Å². The zero-order valence-electron chi connectivity index (χ0n) is 15.6. The molecule has 1 aromatic carbocycles. The first-order valence-corrected chi connectivity index (χ1v) is 12.8. The van der Waals surface area contributed by atoms with Gasteiger partial charge in [-0.3, -0.25) is 0 Å². The Kier molecular flexibility index (Phi) is 5.66. The van der Waals surface area contributed by atoms with Gasteiger partial charge in [-0.25, -0.2) is 9.37 Å². The second kappa shape index (κ2) is 7.81. The lowest BCUT2D eigenvalue weighted by Crippen LogP contribution is -2.22. The summed E-state index contributed by atoms with van der Waals surface area (Å²) in [5.41, 5.74) is 2.62. The molecule has 0 unspecified atom stereocenters. The summed E-state index contributed by atoms with van der Waals surface area (Å²) < 4.78 is 21.2. The molecule has 0 amide bonds. The van der Waals surface area contributed by atoms with E-state index in [1.165, 1.54) is 18.3 Å². The third-order valence-electron chi connectivity index (χ3n) is 4.33. The summed E-state index contributed by atoms with van der Waals surface area (Å²) in [6, 6.07) is 11.2. The number of rotatable bonds is 6. The van der Waals surface area contributed by atoms with Gasteiger partial charge in [0.05, 0.1) is 16.3 Å². The molecule has 7 heteroatoms. The van der Waals surface area contributed by atoms with E-state index < -0.39 is 8.07 Å². The normalized spacial score (nSPS) is 11.7. The molecule has 0 saturated heterocycles. The molecule has 0 bridgehead atoms. The van der Waals surface area contributed by atoms with E-state index in [1.807, 2.05) is 10.6 Å². The van der Waals surface area contributed by atoms with Crippen molar-refractivity contribution >= 4 is 30.7 Å². The number of hydrogen-bond donors (Lipinski definition) is 0. The van der Waals surface area contributed by atoms with E-state index in [2.05, 4.69) is 30.7 Å². The topological polar surface area (TPSA) is 50.8 Å². The zero-order chi connectivity index (χ0) is 19.6. The Morgan fingerprint density at radius 2 is 1.96 bits per heavy atom. The van der Waals surface area contributed by atoms with E-state index in [0.717, 1.165) is 17.3 Å². The summed E-state index contributed by atoms with van der Waals surface area (Å²) in [6.45, 7) is 7.89. The Balaban J connectivity index is 2.02. The smallest absolute Gasteiger partial charge is 0.143 e. The SMILES string of the molecule is C[Si](C)(C)CCOCn1c(-c2ccc(F)cc2)cc2c(Cl)c(C#N)cnc21. The number of pyridine rings is 1. The highest BCUT2D eigenvalue weighted by Crippen LogP contribution is 2.33. The number of hydrogen-bond acceptors (Lipinski definition) is 3. The molecule has 3 rings (SSSR count). The van der Waals surface area contributed by atoms with E-state index in [0.29, 0.717) is 35.0 Å². The van der Waals surface area contributed by atoms with Crippen LogP contribution in [-0.4, -0.2) is 24.2 Å². The van der Waals surface area contributed by atoms with Gasteiger partial charge >= 0.3 is 0 Å². The van der Waals surface area contributed by atoms with Crippen LogP contribution in [0.5, 0.6) is 0 Å². The predicted molar refractivity (Wildman–Crippen MR) is 109 cm³/mol. The zero-order valence-corrected chi connectivity index (χ0v) is 17.3. The van der Waals surface area contributed by atoms with Crippen LogP contribution >= 0.6 is 11.6 Å². The first-order valence-electron chi connectivity index (χ1n) is 8.72. The van der Waals surface area contributed by atoms with Gasteiger partial charge in [-0.15, -0.1) is 0 Å². The molecular formula is C20H21ClFN3OSi. The van der Waals surface area contributed by atoms with Crippen molar-refractivity contribution in [2.75, 3.05) is 6.61 Å². The largest absolute Gasteiger partial charge is 0.361 e. The average molecular weight is 402 g/mol. The molecule has 27 heavy (non-hydrogen) atoms. The molecule has 4 nitrogen and oxygen atoms in total. The lowest BCUT2D eigenvalue weighted by atomic mass is 10.1. The molecule has 3 aromatic rings. The molecule has 0 spiro atoms. The molecule has 2 aromatic heterocycles. The van der Waals surface area contributed by atoms with Crippen LogP contribution in [0.25, 0.3) is 22.3 Å². The number of nitrogens with zero attached hydrogens (tertiary/aromatic N) is 3. The van der Waals surface area contributed by atoms with Gasteiger partial charge in [0.1, 0.15) is 24.3 Å². The number of benzene rings is 1. The summed E-state index contributed by atoms with van der Waals surface area (Å²) in [5, 5.41) is 10.3. The number of nitriles is 1. The fraction of sp³-hybridized carbons (Fsp3) is 0.300. The van der Waals surface area contributed by atoms with Crippen molar-refractivity contribution < 1.29 is 9.13 Å². The molecule has 140 valence electrons. The van der Waals surface area contributed by atoms with Crippen molar-refractivity contribution in [1.82, 2.24) is 9.55 Å². The highest BCUT2D eigenvalue weighted by Gasteiger charge is 2.17. The van der Waals surface area contributed by atoms with Gasteiger partial charge in [0.2, 0.25) is 0 Å². The standard InChI is InChI=1S/C20H21ClFN3OSi/c1-27(2,3)9-8-26-13-25-18(14-4-6-16(22)7-5-14)10-17-19(21)15(11-23)12-24-20(17)25/h4-7,10,12H,8-9,13H2,1-3H3. The van der Waals surface area contributed by atoms with E-state index in [-0.39, 0.29) is 5.82 Å². The second-order valence-corrected chi connectivity index (χ2v) is 13.6. The maximum absolute atomic E-state index is 13.3. The van der Waals surface area contributed by atoms with Gasteiger partial charge in [-0.1, -0.05) is 31.2 Å². The van der Waals surface area contributed by atoms with Crippen molar-refractivity contribution in [3.05, 3.63) is 52.9 Å². The molecule has 0 aliphatic rings. The quantitative estimate of drug-likeness (QED) is 0.394. The molecule has 0 aliphatic heterocycles. The molecule has 0 aliphatic carbocycles. The first-order chi connectivity index (χ1) is 12.8. The van der Waals surface area contributed by atoms with Crippen LogP contribution in [0, 0.1) is 17.1 Å². The minimum absolute atomic E-state index is 0.296. The molecule has 0 radical (unpaired) electrons. The van der Waals surface area contributed by atoms with Crippen LogP contribution in [0.1, 0.15) is 5.56 Å². The van der Waals surface area contributed by atoms with Gasteiger partial charge in [0, 0.05) is 26.3 Å². The van der Waals surface area contributed by atoms with E-state index in [4.69, 9.17) is 16.3 Å². The van der Waals surface area contributed by atoms with Crippen LogP contribution in [-0.2, 0) is 11.5 Å². The summed E-state index contributed by atoms with van der Waals surface area (Å²) in [5.74, 6) is -0.296. The summed E-state index contributed by atoms with van der Waals surface area (Å²) in [4.78, 5) is 4.41. The Hall–Kier alpha value is -2.20. The van der Waals surface area contributed by atoms with Gasteiger partial charge < -0.3 is 9.30 Å². The Morgan fingerprint density at radius 1 is 1.26 bits per heavy atom. The predicted octanol–water partition coefficient (Wildman–Crippen LogP) is 5.68. The molecule has 0 fully saturated rings. The van der Waals surface area contributed by atoms with Crippen LogP contribution in [0.4, 0.5) is 4.39 Å². The van der Waals surface area contributed by atoms with Gasteiger partial charge in [0.15, 0.2) is 0 Å². The number of aromatic nitrogens is 2. The van der Waals surface area contributed by atoms with Gasteiger partial charge in [-0.05, 0) is 41.9 Å². The molecule has 0 saturated carbocycles. The van der Waals surface area contributed by atoms with Gasteiger partial charge in [0.25, 0.3) is 0 Å². The highest BCUT2D eigenvalue weighted by molar-refractivity contribution is 6.76. The number of fused-ring (bicyclic) bond motifs is 1. The molecular weight excluding hydrogens is 381 g/mol. The lowest BCUT2D eigenvalue weighted by Gasteiger charge is -2.16. The van der Waals surface area contributed by atoms with Gasteiger partial charge in [-0.2, -0.15) is 5.26 Å². The van der Waals surface area contributed by atoms with E-state index in [1.54, 1.807) is 12.1 Å². The van der Waals surface area contributed by atoms with Crippen molar-refractivity contribution in [2.24, 2.45) is 0 Å². The summed E-state index contributed by atoms with van der Waals surface area (Å²) >= 11 is 6.39. The van der Waals surface area contributed by atoms with Crippen molar-refractivity contribution in [2.45, 2.75) is 32.4 Å². The van der Waals surface area contributed by atoms with Crippen LogP contribution in [0.2, 0.25) is 30.7 Å². The lowest BCUT2D eigenvalue weighted by molar-refractivity contribution is 0.0909. The Morgan fingerprint density at radius 3 is 2.59 bits per heavy atom. The van der Waals surface area contributed by atoms with Crippen LogP contribution in [0.15, 0.2) is 36.5 Å². The summed E-state index contributed by atoms with van der Waals surface area (Å²) in [6.07, 6.45) is 1.47. The highest BCUT2D eigenvalue weighted by atomic mass is 35.5.